The standard InChI is InChI=1S/C9H18N2O11S2.4Na/c1-9(16,11-6(8(14)15)3-24(20,21)22)4-10-5(7(12)13)2-23(17,18)19;;;;/h5-6,10-11,16H,2-4H2,1H3,(H,12,13)(H,14,15)(H,17,18,19)(H,20,21,22);;;;/q;4*+1/p-4/t5-,6-,9?;;;;/m0..../s1. The Morgan fingerprint density at radius 1 is 0.893 bits per heavy atom. The zero-order chi connectivity index (χ0) is 19.3. The van der Waals surface area contributed by atoms with E-state index in [0.29, 0.717) is 0 Å². The Labute approximate surface area is 250 Å². The molecule has 0 aliphatic carbocycles. The molecule has 0 aromatic carbocycles. The third-order valence-electron chi connectivity index (χ3n) is 2.49. The fraction of sp³-hybridized carbons (Fsp3) is 0.778. The summed E-state index contributed by atoms with van der Waals surface area (Å²) in [7, 11) is -9.96. The molecule has 3 N–H and O–H groups in total. The molecule has 142 valence electrons. The first kappa shape index (κ1) is 40.9. The number of carbonyl (C=O) groups is 2. The van der Waals surface area contributed by atoms with Gasteiger partial charge in [0.05, 0.1) is 55.8 Å². The summed E-state index contributed by atoms with van der Waals surface area (Å²) in [5.74, 6) is -6.90. The Morgan fingerprint density at radius 3 is 1.50 bits per heavy atom. The number of aliphatic hydroxyl groups is 1. The first-order chi connectivity index (χ1) is 10.5. The van der Waals surface area contributed by atoms with Crippen molar-refractivity contribution in [3.63, 3.8) is 0 Å². The number of carboxylic acid groups (broad SMARTS) is 2. The average Bonchev–Trinajstić information content (AvgIpc) is 2.29. The molecular formula is C9H14N2Na4O11S2. The van der Waals surface area contributed by atoms with Gasteiger partial charge < -0.3 is 39.3 Å². The molecule has 0 aliphatic heterocycles. The van der Waals surface area contributed by atoms with E-state index in [-0.39, 0.29) is 118 Å². The van der Waals surface area contributed by atoms with E-state index in [2.05, 4.69) is 0 Å². The van der Waals surface area contributed by atoms with Gasteiger partial charge in [0.1, 0.15) is 5.72 Å². The van der Waals surface area contributed by atoms with E-state index in [4.69, 9.17) is 0 Å². The smallest absolute Gasteiger partial charge is 0.748 e. The van der Waals surface area contributed by atoms with Crippen LogP contribution in [0.15, 0.2) is 0 Å². The van der Waals surface area contributed by atoms with E-state index >= 15 is 0 Å². The number of carboxylic acids is 2. The molecule has 3 atom stereocenters. The van der Waals surface area contributed by atoms with Crippen LogP contribution in [-0.4, -0.2) is 78.8 Å². The molecule has 0 bridgehead atoms. The van der Waals surface area contributed by atoms with E-state index in [1.165, 1.54) is 0 Å². The van der Waals surface area contributed by atoms with Gasteiger partial charge in [-0.05, 0) is 6.92 Å². The maximum atomic E-state index is 10.8. The topological polar surface area (TPSA) is 239 Å². The summed E-state index contributed by atoms with van der Waals surface area (Å²) < 4.78 is 63.3. The minimum Gasteiger partial charge on any atom is -0.748 e. The predicted molar refractivity (Wildman–Crippen MR) is 68.5 cm³/mol. The monoisotopic (exact) mass is 482 g/mol. The Kier molecular flexibility index (Phi) is 25.1. The summed E-state index contributed by atoms with van der Waals surface area (Å²) in [6.45, 7) is 0.0231. The normalized spacial score (nSPS) is 15.1. The van der Waals surface area contributed by atoms with Crippen molar-refractivity contribution < 1.29 is 169 Å². The summed E-state index contributed by atoms with van der Waals surface area (Å²) in [5.41, 5.74) is -2.31. The summed E-state index contributed by atoms with van der Waals surface area (Å²) in [6.07, 6.45) is 0. The van der Waals surface area contributed by atoms with Crippen molar-refractivity contribution in [3.05, 3.63) is 0 Å². The van der Waals surface area contributed by atoms with Crippen LogP contribution in [0, 0.1) is 0 Å². The summed E-state index contributed by atoms with van der Waals surface area (Å²) in [4.78, 5) is 21.5. The van der Waals surface area contributed by atoms with Crippen LogP contribution in [0.4, 0.5) is 0 Å². The molecule has 0 rings (SSSR count). The molecule has 0 amide bonds. The second-order valence-corrected chi connectivity index (χ2v) is 7.89. The van der Waals surface area contributed by atoms with Gasteiger partial charge in [-0.25, -0.2) is 16.8 Å². The van der Waals surface area contributed by atoms with Crippen molar-refractivity contribution in [2.75, 3.05) is 18.1 Å². The maximum absolute atomic E-state index is 10.8. The molecule has 0 saturated heterocycles. The third kappa shape index (κ3) is 21.9. The molecule has 0 spiro atoms. The second-order valence-electron chi connectivity index (χ2n) is 4.99. The van der Waals surface area contributed by atoms with Crippen molar-refractivity contribution in [1.29, 1.82) is 0 Å². The van der Waals surface area contributed by atoms with Gasteiger partial charge in [-0.1, -0.05) is 0 Å². The molecule has 19 heteroatoms. The quantitative estimate of drug-likeness (QED) is 0.141. The van der Waals surface area contributed by atoms with E-state index in [1.54, 1.807) is 0 Å². The third-order valence-corrected chi connectivity index (χ3v) is 3.97. The minimum atomic E-state index is -5.00. The molecule has 13 nitrogen and oxygen atoms in total. The Morgan fingerprint density at radius 2 is 1.21 bits per heavy atom. The number of hydrogen-bond acceptors (Lipinski definition) is 13. The summed E-state index contributed by atoms with van der Waals surface area (Å²) in [6, 6.07) is -4.15. The van der Waals surface area contributed by atoms with Crippen LogP contribution in [0.5, 0.6) is 0 Å². The van der Waals surface area contributed by atoms with Crippen molar-refractivity contribution in [1.82, 2.24) is 10.6 Å². The fourth-order valence-electron chi connectivity index (χ4n) is 1.54. The van der Waals surface area contributed by atoms with Crippen LogP contribution in [0.2, 0.25) is 0 Å². The van der Waals surface area contributed by atoms with Gasteiger partial charge in [0.25, 0.3) is 0 Å². The number of carbonyl (C=O) groups excluding carboxylic acids is 2. The predicted octanol–water partition coefficient (Wildman–Crippen LogP) is -18.8. The van der Waals surface area contributed by atoms with Crippen LogP contribution >= 0.6 is 0 Å². The van der Waals surface area contributed by atoms with Crippen molar-refractivity contribution >= 4 is 32.2 Å². The number of aliphatic carboxylic acids is 2. The molecule has 0 fully saturated rings. The molecule has 0 radical (unpaired) electrons. The second kappa shape index (κ2) is 17.2. The van der Waals surface area contributed by atoms with Gasteiger partial charge in [-0.2, -0.15) is 0 Å². The van der Waals surface area contributed by atoms with E-state index in [1.807, 2.05) is 10.6 Å². The largest absolute Gasteiger partial charge is 1.00 e. The Bertz CT molecular complexity index is 686. The van der Waals surface area contributed by atoms with Gasteiger partial charge in [0.15, 0.2) is 0 Å². The van der Waals surface area contributed by atoms with Gasteiger partial charge in [-0.15, -0.1) is 0 Å². The first-order valence-corrected chi connectivity index (χ1v) is 9.20. The minimum absolute atomic E-state index is 0. The van der Waals surface area contributed by atoms with Crippen LogP contribution in [-0.2, 0) is 29.8 Å². The van der Waals surface area contributed by atoms with E-state index in [0.717, 1.165) is 6.92 Å². The van der Waals surface area contributed by atoms with Gasteiger partial charge in [-0.3, -0.25) is 5.32 Å². The van der Waals surface area contributed by atoms with Crippen molar-refractivity contribution in [2.45, 2.75) is 24.7 Å². The number of nitrogens with one attached hydrogen (secondary N) is 2. The SMILES string of the molecule is CC(O)(CN[C@@H](CS(=O)(=O)[O-])C(=O)[O-])N[C@@H](CS(=O)(=O)[O-])C(=O)[O-].[Na+].[Na+].[Na+].[Na+]. The van der Waals surface area contributed by atoms with Crippen LogP contribution < -0.4 is 139 Å². The molecule has 0 saturated carbocycles. The van der Waals surface area contributed by atoms with Crippen LogP contribution in [0.25, 0.3) is 0 Å². The van der Waals surface area contributed by atoms with Gasteiger partial charge in [0.2, 0.25) is 0 Å². The summed E-state index contributed by atoms with van der Waals surface area (Å²) in [5, 5.41) is 35.1. The fourth-order valence-corrected chi connectivity index (χ4v) is 2.83. The molecule has 0 aromatic heterocycles. The van der Waals surface area contributed by atoms with Gasteiger partial charge in [0, 0.05) is 6.54 Å². The Balaban J connectivity index is -0.000000441. The number of rotatable bonds is 11. The first-order valence-electron chi connectivity index (χ1n) is 6.05. The Hall–Kier alpha value is 2.64. The van der Waals surface area contributed by atoms with Crippen LogP contribution in [0.3, 0.4) is 0 Å². The molecule has 0 heterocycles. The maximum Gasteiger partial charge on any atom is 1.00 e. The van der Waals surface area contributed by atoms with E-state index in [9.17, 15) is 50.8 Å². The molecule has 0 aliphatic rings. The number of hydrogen-bond donors (Lipinski definition) is 3. The zero-order valence-corrected chi connectivity index (χ0v) is 25.8. The summed E-state index contributed by atoms with van der Waals surface area (Å²) >= 11 is 0. The average molecular weight is 482 g/mol. The van der Waals surface area contributed by atoms with E-state index < -0.39 is 68.0 Å². The van der Waals surface area contributed by atoms with Gasteiger partial charge >= 0.3 is 118 Å². The zero-order valence-electron chi connectivity index (χ0n) is 16.1. The van der Waals surface area contributed by atoms with Crippen molar-refractivity contribution in [3.8, 4) is 0 Å². The molecule has 28 heavy (non-hydrogen) atoms. The molecular weight excluding hydrogens is 468 g/mol. The van der Waals surface area contributed by atoms with Crippen molar-refractivity contribution in [2.24, 2.45) is 0 Å². The molecule has 1 unspecified atom stereocenters. The molecule has 0 aromatic rings. The van der Waals surface area contributed by atoms with Crippen LogP contribution in [0.1, 0.15) is 6.92 Å².